The molecule has 0 radical (unpaired) electrons. The number of carbonyl (C=O) groups excluding carboxylic acids is 3. The molecule has 2 fully saturated rings. The van der Waals surface area contributed by atoms with Gasteiger partial charge in [0.25, 0.3) is 0 Å². The van der Waals surface area contributed by atoms with Gasteiger partial charge in [-0.2, -0.15) is 18.2 Å². The molecule has 0 spiro atoms. The highest BCUT2D eigenvalue weighted by Crippen LogP contribution is 2.27. The molecule has 3 heterocycles. The molecule has 3 amide bonds. The van der Waals surface area contributed by atoms with Gasteiger partial charge < -0.3 is 35.6 Å². The first-order chi connectivity index (χ1) is 22.2. The molecule has 2 aliphatic heterocycles. The molecule has 4 rings (SSSR count). The summed E-state index contributed by atoms with van der Waals surface area (Å²) >= 11 is 0. The van der Waals surface area contributed by atoms with Crippen LogP contribution in [-0.4, -0.2) is 112 Å². The molecule has 15 nitrogen and oxygen atoms in total. The van der Waals surface area contributed by atoms with Crippen molar-refractivity contribution in [3.63, 3.8) is 0 Å². The average molecular weight is 705 g/mol. The molecular weight excluding hydrogens is 665 g/mol. The Bertz CT molecular complexity index is 1580. The molecule has 5 N–H and O–H groups in total. The summed E-state index contributed by atoms with van der Waals surface area (Å²) in [6.45, 7) is 7.68. The van der Waals surface area contributed by atoms with Crippen molar-refractivity contribution in [3.05, 3.63) is 35.7 Å². The Balaban J connectivity index is 0.000000804. The van der Waals surface area contributed by atoms with E-state index in [-0.39, 0.29) is 38.2 Å². The minimum atomic E-state index is -5.08. The van der Waals surface area contributed by atoms with Crippen LogP contribution in [0.25, 0.3) is 11.4 Å². The van der Waals surface area contributed by atoms with Crippen LogP contribution in [0.2, 0.25) is 0 Å². The van der Waals surface area contributed by atoms with Gasteiger partial charge in [0.05, 0.1) is 17.1 Å². The monoisotopic (exact) mass is 704 g/mol. The number of aliphatic carboxylic acids is 1. The summed E-state index contributed by atoms with van der Waals surface area (Å²) in [5.74, 6) is -3.37. The summed E-state index contributed by atoms with van der Waals surface area (Å²) in [5.41, 5.74) is 0.829. The lowest BCUT2D eigenvalue weighted by atomic mass is 9.85. The number of nitrogens with one attached hydrogen (secondary N) is 3. The van der Waals surface area contributed by atoms with Gasteiger partial charge in [0.2, 0.25) is 29.4 Å². The van der Waals surface area contributed by atoms with Gasteiger partial charge in [-0.15, -0.1) is 0 Å². The van der Waals surface area contributed by atoms with E-state index in [1.807, 2.05) is 24.3 Å². The molecule has 1 aromatic carbocycles. The summed E-state index contributed by atoms with van der Waals surface area (Å²) in [6.07, 6.45) is -6.20. The van der Waals surface area contributed by atoms with E-state index in [0.29, 0.717) is 18.3 Å². The van der Waals surface area contributed by atoms with Gasteiger partial charge in [0, 0.05) is 51.5 Å². The van der Waals surface area contributed by atoms with Crippen LogP contribution in [0.15, 0.2) is 28.8 Å². The van der Waals surface area contributed by atoms with E-state index in [1.165, 1.54) is 4.90 Å². The Hall–Kier alpha value is -4.10. The summed E-state index contributed by atoms with van der Waals surface area (Å²) in [4.78, 5) is 54.2. The molecule has 1 aromatic heterocycles. The van der Waals surface area contributed by atoms with Gasteiger partial charge in [-0.05, 0) is 11.0 Å². The number of amides is 3. The number of benzene rings is 1. The van der Waals surface area contributed by atoms with Crippen molar-refractivity contribution >= 4 is 33.5 Å². The molecule has 0 saturated carbocycles. The number of alkyl halides is 3. The second-order valence-electron chi connectivity index (χ2n) is 12.5. The highest BCUT2D eigenvalue weighted by molar-refractivity contribution is 7.92. The normalized spacial score (nSPS) is 21.4. The quantitative estimate of drug-likeness (QED) is 0.255. The predicted octanol–water partition coefficient (Wildman–Crippen LogP) is 0.564. The van der Waals surface area contributed by atoms with Gasteiger partial charge in [-0.25, -0.2) is 13.2 Å². The van der Waals surface area contributed by atoms with Crippen molar-refractivity contribution in [1.82, 2.24) is 31.0 Å². The number of carboxylic acid groups (broad SMARTS) is 1. The zero-order chi connectivity index (χ0) is 36.0. The molecule has 266 valence electrons. The lowest BCUT2D eigenvalue weighted by molar-refractivity contribution is -0.192. The van der Waals surface area contributed by atoms with Gasteiger partial charge in [-0.3, -0.25) is 14.4 Å². The molecule has 2 aromatic rings. The number of aliphatic hydroxyl groups excluding tert-OH is 1. The van der Waals surface area contributed by atoms with E-state index in [2.05, 4.69) is 26.1 Å². The lowest BCUT2D eigenvalue weighted by Gasteiger charge is -2.35. The fourth-order valence-corrected chi connectivity index (χ4v) is 6.55. The number of nitrogens with zero attached hydrogens (tertiary/aromatic N) is 3. The third-order valence-corrected chi connectivity index (χ3v) is 9.71. The highest BCUT2D eigenvalue weighted by atomic mass is 32.2. The van der Waals surface area contributed by atoms with Crippen LogP contribution < -0.4 is 16.0 Å². The summed E-state index contributed by atoms with van der Waals surface area (Å²) in [6, 6.07) is 5.31. The Kier molecular flexibility index (Phi) is 12.3. The molecule has 2 aliphatic rings. The number of aliphatic hydroxyl groups is 1. The Labute approximate surface area is 274 Å². The smallest absolute Gasteiger partial charge is 0.475 e. The van der Waals surface area contributed by atoms with E-state index in [9.17, 15) is 41.1 Å². The zero-order valence-electron chi connectivity index (χ0n) is 26.7. The molecular formula is C29H39F3N6O9S. The zero-order valence-corrected chi connectivity index (χ0v) is 27.5. The van der Waals surface area contributed by atoms with E-state index < -0.39 is 68.6 Å². The molecule has 0 aliphatic carbocycles. The van der Waals surface area contributed by atoms with E-state index in [0.717, 1.165) is 11.1 Å². The maximum absolute atomic E-state index is 13.7. The Morgan fingerprint density at radius 1 is 1.15 bits per heavy atom. The third kappa shape index (κ3) is 10.4. The summed E-state index contributed by atoms with van der Waals surface area (Å²) in [7, 11) is -3.41. The first-order valence-electron chi connectivity index (χ1n) is 14.9. The second-order valence-corrected chi connectivity index (χ2v) is 14.9. The number of carbonyl (C=O) groups is 4. The fourth-order valence-electron chi connectivity index (χ4n) is 5.01. The Morgan fingerprint density at radius 2 is 1.77 bits per heavy atom. The van der Waals surface area contributed by atoms with Crippen molar-refractivity contribution in [1.29, 1.82) is 0 Å². The van der Waals surface area contributed by atoms with Crippen LogP contribution in [0.1, 0.15) is 45.1 Å². The number of sulfone groups is 1. The standard InChI is InChI=1S/C27H38N6O7S.C2HF3O2/c1-16-30-24(32-40-16)18-7-5-17(6-8-18)13-29-25(36)21-11-19(34)15-33(21)26(37)23(27(2,3)4)31-22(35)12-20-14-28-9-10-41(20,38)39;3-2(4,5)1(6)7/h5-8,19-21,23,28,34H,9-15H2,1-4H3,(H,29,36)(H,31,35);(H,6,7)/t19-,20?,21+,23-;/m1./s1. The van der Waals surface area contributed by atoms with E-state index in [4.69, 9.17) is 14.4 Å². The number of hydrogen-bond donors (Lipinski definition) is 5. The largest absolute Gasteiger partial charge is 0.490 e. The number of hydrogen-bond acceptors (Lipinski definition) is 11. The van der Waals surface area contributed by atoms with Crippen LogP contribution in [-0.2, 0) is 35.6 Å². The van der Waals surface area contributed by atoms with Gasteiger partial charge in [-0.1, -0.05) is 50.2 Å². The lowest BCUT2D eigenvalue weighted by Crippen LogP contribution is -2.58. The number of β-amino-alcohol motifs (C(OH)–C–C–N with tert-alkyl or cyclic N) is 1. The SMILES string of the molecule is Cc1nc(-c2ccc(CNC(=O)[C@@H]3C[C@@H](O)CN3C(=O)[C@@H](NC(=O)CC3CNCCS3(=O)=O)C(C)(C)C)cc2)no1.O=C(O)C(F)(F)F. The van der Waals surface area contributed by atoms with Crippen LogP contribution in [0.4, 0.5) is 13.2 Å². The van der Waals surface area contributed by atoms with Crippen LogP contribution in [0.3, 0.4) is 0 Å². The maximum atomic E-state index is 13.7. The summed E-state index contributed by atoms with van der Waals surface area (Å²) < 4.78 is 61.5. The minimum Gasteiger partial charge on any atom is -0.475 e. The van der Waals surface area contributed by atoms with Crippen LogP contribution in [0.5, 0.6) is 0 Å². The van der Waals surface area contributed by atoms with Gasteiger partial charge in [0.1, 0.15) is 12.1 Å². The maximum Gasteiger partial charge on any atom is 0.490 e. The van der Waals surface area contributed by atoms with Crippen molar-refractivity contribution in [2.75, 3.05) is 25.4 Å². The van der Waals surface area contributed by atoms with Crippen molar-refractivity contribution < 1.29 is 55.5 Å². The number of aromatic nitrogens is 2. The van der Waals surface area contributed by atoms with Crippen LogP contribution in [0, 0.1) is 12.3 Å². The number of aryl methyl sites for hydroxylation is 1. The number of likely N-dealkylation sites (tertiary alicyclic amines) is 1. The first-order valence-corrected chi connectivity index (χ1v) is 16.6. The molecule has 48 heavy (non-hydrogen) atoms. The van der Waals surface area contributed by atoms with E-state index >= 15 is 0 Å². The molecule has 19 heteroatoms. The Morgan fingerprint density at radius 3 is 2.29 bits per heavy atom. The fraction of sp³-hybridized carbons (Fsp3) is 0.586. The summed E-state index contributed by atoms with van der Waals surface area (Å²) in [5, 5.41) is 29.1. The topological polar surface area (TPSA) is 221 Å². The minimum absolute atomic E-state index is 0.0440. The molecule has 4 atom stereocenters. The van der Waals surface area contributed by atoms with Crippen LogP contribution >= 0.6 is 0 Å². The third-order valence-electron chi connectivity index (χ3n) is 7.59. The molecule has 0 bridgehead atoms. The first kappa shape index (κ1) is 38.3. The van der Waals surface area contributed by atoms with Gasteiger partial charge >= 0.3 is 12.1 Å². The molecule has 2 saturated heterocycles. The number of halogens is 3. The number of carboxylic acids is 1. The van der Waals surface area contributed by atoms with Crippen molar-refractivity contribution in [2.45, 2.75) is 76.7 Å². The molecule has 1 unspecified atom stereocenters. The predicted molar refractivity (Wildman–Crippen MR) is 163 cm³/mol. The highest BCUT2D eigenvalue weighted by Gasteiger charge is 2.45. The van der Waals surface area contributed by atoms with Crippen molar-refractivity contribution in [2.24, 2.45) is 5.41 Å². The van der Waals surface area contributed by atoms with Crippen molar-refractivity contribution in [3.8, 4) is 11.4 Å². The average Bonchev–Trinajstić information content (AvgIpc) is 3.60. The number of rotatable bonds is 8. The second kappa shape index (κ2) is 15.4. The van der Waals surface area contributed by atoms with Gasteiger partial charge in [0.15, 0.2) is 9.84 Å². The van der Waals surface area contributed by atoms with E-state index in [1.54, 1.807) is 27.7 Å².